The van der Waals surface area contributed by atoms with Gasteiger partial charge in [0.15, 0.2) is 5.76 Å². The highest BCUT2D eigenvalue weighted by Crippen LogP contribution is 2.23. The van der Waals surface area contributed by atoms with Crippen LogP contribution in [0.25, 0.3) is 0 Å². The number of halogens is 1. The second-order valence-corrected chi connectivity index (χ2v) is 7.42. The van der Waals surface area contributed by atoms with Crippen LogP contribution in [-0.4, -0.2) is 5.91 Å². The van der Waals surface area contributed by atoms with Gasteiger partial charge in [0.1, 0.15) is 23.9 Å². The zero-order valence-corrected chi connectivity index (χ0v) is 17.7. The molecule has 0 aliphatic carbocycles. The molecule has 0 aliphatic rings. The van der Waals surface area contributed by atoms with E-state index in [1.165, 1.54) is 17.7 Å². The Labute approximate surface area is 177 Å². The van der Waals surface area contributed by atoms with Crippen LogP contribution in [0.15, 0.2) is 65.1 Å². The number of carbonyl (C=O) groups is 1. The SMILES string of the molecule is CCC(C)c1ccc(C(CC)NC(=O)c2ccc(COc3ccc(F)cc3)o2)cc1. The van der Waals surface area contributed by atoms with Crippen LogP contribution in [0.5, 0.6) is 5.75 Å². The first-order chi connectivity index (χ1) is 14.5. The van der Waals surface area contributed by atoms with Crippen LogP contribution in [0.2, 0.25) is 0 Å². The van der Waals surface area contributed by atoms with Gasteiger partial charge in [-0.05, 0) is 66.3 Å². The van der Waals surface area contributed by atoms with Crippen molar-refractivity contribution in [2.75, 3.05) is 0 Å². The molecular weight excluding hydrogens is 381 g/mol. The summed E-state index contributed by atoms with van der Waals surface area (Å²) in [4.78, 5) is 12.6. The highest BCUT2D eigenvalue weighted by Gasteiger charge is 2.17. The number of hydrogen-bond donors (Lipinski definition) is 1. The summed E-state index contributed by atoms with van der Waals surface area (Å²) in [5, 5.41) is 3.04. The van der Waals surface area contributed by atoms with Gasteiger partial charge in [-0.1, -0.05) is 45.0 Å². The summed E-state index contributed by atoms with van der Waals surface area (Å²) in [5.74, 6) is 1.23. The number of rotatable bonds is 9. The Bertz CT molecular complexity index is 947. The van der Waals surface area contributed by atoms with E-state index in [0.717, 1.165) is 18.4 Å². The molecule has 2 aromatic carbocycles. The van der Waals surface area contributed by atoms with Gasteiger partial charge in [-0.3, -0.25) is 4.79 Å². The van der Waals surface area contributed by atoms with E-state index in [2.05, 4.69) is 43.4 Å². The maximum atomic E-state index is 13.0. The van der Waals surface area contributed by atoms with Crippen molar-refractivity contribution in [3.8, 4) is 5.75 Å². The van der Waals surface area contributed by atoms with Crippen molar-refractivity contribution in [1.29, 1.82) is 0 Å². The minimum atomic E-state index is -0.320. The van der Waals surface area contributed by atoms with Crippen molar-refractivity contribution in [1.82, 2.24) is 5.32 Å². The fourth-order valence-corrected chi connectivity index (χ4v) is 3.21. The van der Waals surface area contributed by atoms with Gasteiger partial charge >= 0.3 is 0 Å². The molecule has 0 aliphatic heterocycles. The number of hydrogen-bond acceptors (Lipinski definition) is 3. The fraction of sp³-hybridized carbons (Fsp3) is 0.320. The van der Waals surface area contributed by atoms with Gasteiger partial charge in [-0.2, -0.15) is 0 Å². The molecule has 0 bridgehead atoms. The molecule has 0 fully saturated rings. The molecule has 4 nitrogen and oxygen atoms in total. The van der Waals surface area contributed by atoms with Crippen molar-refractivity contribution in [2.24, 2.45) is 0 Å². The molecule has 158 valence electrons. The quantitative estimate of drug-likeness (QED) is 0.445. The lowest BCUT2D eigenvalue weighted by Crippen LogP contribution is -2.27. The maximum absolute atomic E-state index is 13.0. The third-order valence-electron chi connectivity index (χ3n) is 5.31. The Balaban J connectivity index is 1.59. The van der Waals surface area contributed by atoms with E-state index in [-0.39, 0.29) is 30.1 Å². The van der Waals surface area contributed by atoms with Crippen LogP contribution in [-0.2, 0) is 6.61 Å². The van der Waals surface area contributed by atoms with E-state index >= 15 is 0 Å². The largest absolute Gasteiger partial charge is 0.486 e. The standard InChI is InChI=1S/C25H28FNO3/c1-4-17(3)18-6-8-19(9-7-18)23(5-2)27-25(28)24-15-14-22(30-24)16-29-21-12-10-20(26)11-13-21/h6-15,17,23H,4-5,16H2,1-3H3,(H,27,28). The van der Waals surface area contributed by atoms with Crippen LogP contribution in [0.3, 0.4) is 0 Å². The topological polar surface area (TPSA) is 51.5 Å². The van der Waals surface area contributed by atoms with E-state index in [1.54, 1.807) is 24.3 Å². The molecule has 1 aromatic heterocycles. The van der Waals surface area contributed by atoms with Crippen LogP contribution < -0.4 is 10.1 Å². The van der Waals surface area contributed by atoms with E-state index < -0.39 is 0 Å². The second-order valence-electron chi connectivity index (χ2n) is 7.42. The van der Waals surface area contributed by atoms with Gasteiger partial charge in [0, 0.05) is 0 Å². The molecule has 0 saturated carbocycles. The summed E-state index contributed by atoms with van der Waals surface area (Å²) in [7, 11) is 0. The minimum absolute atomic E-state index is 0.0903. The molecule has 1 N–H and O–H groups in total. The summed E-state index contributed by atoms with van der Waals surface area (Å²) < 4.78 is 24.1. The molecule has 5 heteroatoms. The molecule has 3 aromatic rings. The summed E-state index contributed by atoms with van der Waals surface area (Å²) in [5.41, 5.74) is 2.38. The van der Waals surface area contributed by atoms with E-state index in [4.69, 9.17) is 9.15 Å². The van der Waals surface area contributed by atoms with Crippen LogP contribution >= 0.6 is 0 Å². The third kappa shape index (κ3) is 5.50. The highest BCUT2D eigenvalue weighted by atomic mass is 19.1. The maximum Gasteiger partial charge on any atom is 0.287 e. The number of ether oxygens (including phenoxy) is 1. The summed E-state index contributed by atoms with van der Waals surface area (Å²) in [6, 6.07) is 17.4. The van der Waals surface area contributed by atoms with E-state index in [0.29, 0.717) is 17.4 Å². The van der Waals surface area contributed by atoms with Gasteiger partial charge < -0.3 is 14.5 Å². The number of amides is 1. The van der Waals surface area contributed by atoms with Gasteiger partial charge in [0.2, 0.25) is 0 Å². The number of carbonyl (C=O) groups excluding carboxylic acids is 1. The molecule has 2 unspecified atom stereocenters. The van der Waals surface area contributed by atoms with Crippen molar-refractivity contribution in [2.45, 2.75) is 52.2 Å². The monoisotopic (exact) mass is 409 g/mol. The molecule has 3 rings (SSSR count). The lowest BCUT2D eigenvalue weighted by Gasteiger charge is -2.18. The van der Waals surface area contributed by atoms with Crippen LogP contribution in [0.4, 0.5) is 4.39 Å². The Morgan fingerprint density at radius 1 is 0.967 bits per heavy atom. The fourth-order valence-electron chi connectivity index (χ4n) is 3.21. The van der Waals surface area contributed by atoms with Gasteiger partial charge in [0.05, 0.1) is 6.04 Å². The average Bonchev–Trinajstić information content (AvgIpc) is 3.26. The Morgan fingerprint density at radius 2 is 1.63 bits per heavy atom. The zero-order chi connectivity index (χ0) is 21.5. The normalized spacial score (nSPS) is 12.9. The second kappa shape index (κ2) is 10.1. The molecule has 1 amide bonds. The number of furan rings is 1. The van der Waals surface area contributed by atoms with E-state index in [9.17, 15) is 9.18 Å². The molecule has 1 heterocycles. The Kier molecular flexibility index (Phi) is 7.28. The smallest absolute Gasteiger partial charge is 0.287 e. The summed E-state index contributed by atoms with van der Waals surface area (Å²) >= 11 is 0. The van der Waals surface area contributed by atoms with Crippen molar-refractivity contribution < 1.29 is 18.3 Å². The minimum Gasteiger partial charge on any atom is -0.486 e. The first-order valence-corrected chi connectivity index (χ1v) is 10.4. The predicted molar refractivity (Wildman–Crippen MR) is 115 cm³/mol. The van der Waals surface area contributed by atoms with Gasteiger partial charge in [0.25, 0.3) is 5.91 Å². The Morgan fingerprint density at radius 3 is 2.27 bits per heavy atom. The molecule has 2 atom stereocenters. The van der Waals surface area contributed by atoms with Crippen LogP contribution in [0.1, 0.15) is 73.0 Å². The van der Waals surface area contributed by atoms with Crippen molar-refractivity contribution in [3.63, 3.8) is 0 Å². The Hall–Kier alpha value is -3.08. The van der Waals surface area contributed by atoms with Crippen molar-refractivity contribution in [3.05, 3.63) is 89.1 Å². The van der Waals surface area contributed by atoms with Gasteiger partial charge in [-0.15, -0.1) is 0 Å². The first-order valence-electron chi connectivity index (χ1n) is 10.4. The van der Waals surface area contributed by atoms with Gasteiger partial charge in [-0.25, -0.2) is 4.39 Å². The lowest BCUT2D eigenvalue weighted by atomic mass is 9.95. The first kappa shape index (κ1) is 21.6. The molecule has 0 saturated heterocycles. The molecule has 30 heavy (non-hydrogen) atoms. The lowest BCUT2D eigenvalue weighted by molar-refractivity contribution is 0.0903. The third-order valence-corrected chi connectivity index (χ3v) is 5.31. The molecule has 0 radical (unpaired) electrons. The highest BCUT2D eigenvalue weighted by molar-refractivity contribution is 5.91. The average molecular weight is 410 g/mol. The molecule has 0 spiro atoms. The van der Waals surface area contributed by atoms with E-state index in [1.807, 2.05) is 6.92 Å². The summed E-state index contributed by atoms with van der Waals surface area (Å²) in [6.07, 6.45) is 1.87. The number of benzene rings is 2. The number of nitrogens with one attached hydrogen (secondary N) is 1. The predicted octanol–water partition coefficient (Wildman–Crippen LogP) is 6.39. The molecular formula is C25H28FNO3. The van der Waals surface area contributed by atoms with Crippen LogP contribution in [0, 0.1) is 5.82 Å². The van der Waals surface area contributed by atoms with Crippen molar-refractivity contribution >= 4 is 5.91 Å². The zero-order valence-electron chi connectivity index (χ0n) is 17.7. The summed E-state index contributed by atoms with van der Waals surface area (Å²) in [6.45, 7) is 6.59.